The molecule has 0 unspecified atom stereocenters. The van der Waals surface area contributed by atoms with Gasteiger partial charge in [0.05, 0.1) is 12.6 Å². The lowest BCUT2D eigenvalue weighted by Crippen LogP contribution is -2.41. The van der Waals surface area contributed by atoms with Crippen molar-refractivity contribution in [1.29, 1.82) is 0 Å². The van der Waals surface area contributed by atoms with E-state index in [0.29, 0.717) is 48.4 Å². The maximum atomic E-state index is 13.0. The zero-order valence-corrected chi connectivity index (χ0v) is 17.7. The van der Waals surface area contributed by atoms with E-state index in [1.165, 1.54) is 0 Å². The average molecular weight is 440 g/mol. The Kier molecular flexibility index (Phi) is 7.07. The molecule has 2 heterocycles. The molecule has 31 heavy (non-hydrogen) atoms. The van der Waals surface area contributed by atoms with E-state index in [2.05, 4.69) is 12.0 Å². The molecular weight excluding hydrogens is 413 g/mol. The highest BCUT2D eigenvalue weighted by Crippen LogP contribution is 2.28. The largest absolute Gasteiger partial charge is 0.494 e. The molecule has 0 atom stereocenters. The average Bonchev–Trinajstić information content (AvgIpc) is 3.06. The Labute approximate surface area is 178 Å². The molecule has 2 aromatic rings. The third kappa shape index (κ3) is 5.29. The normalized spacial score (nSPS) is 15.3. The van der Waals surface area contributed by atoms with Crippen LogP contribution < -0.4 is 10.4 Å². The Hall–Kier alpha value is -2.78. The van der Waals surface area contributed by atoms with Crippen molar-refractivity contribution < 1.29 is 22.7 Å². The number of likely N-dealkylation sites (tertiary alicyclic amines) is 1. The summed E-state index contributed by atoms with van der Waals surface area (Å²) in [6.07, 6.45) is -0.768. The Bertz CT molecular complexity index is 942. The van der Waals surface area contributed by atoms with Gasteiger partial charge in [0.2, 0.25) is 5.82 Å². The zero-order valence-electron chi connectivity index (χ0n) is 17.7. The van der Waals surface area contributed by atoms with Gasteiger partial charge in [-0.05, 0) is 43.5 Å². The number of rotatable bonds is 7. The maximum Gasteiger partial charge on any atom is 0.451 e. The van der Waals surface area contributed by atoms with Crippen LogP contribution in [0.25, 0.3) is 0 Å². The molecule has 0 spiro atoms. The van der Waals surface area contributed by atoms with Crippen molar-refractivity contribution >= 4 is 5.91 Å². The predicted molar refractivity (Wildman–Crippen MR) is 108 cm³/mol. The summed E-state index contributed by atoms with van der Waals surface area (Å²) >= 11 is 0. The lowest BCUT2D eigenvalue weighted by molar-refractivity contribution is -0.147. The van der Waals surface area contributed by atoms with Gasteiger partial charge in [0.25, 0.3) is 5.91 Å². The van der Waals surface area contributed by atoms with E-state index in [1.807, 2.05) is 0 Å². The first-order valence-corrected chi connectivity index (χ1v) is 10.5. The first-order valence-electron chi connectivity index (χ1n) is 10.5. The summed E-state index contributed by atoms with van der Waals surface area (Å²) in [5.74, 6) is -0.658. The van der Waals surface area contributed by atoms with Gasteiger partial charge in [-0.25, -0.2) is 9.48 Å². The minimum Gasteiger partial charge on any atom is -0.494 e. The van der Waals surface area contributed by atoms with Crippen molar-refractivity contribution in [2.45, 2.75) is 51.2 Å². The van der Waals surface area contributed by atoms with Crippen LogP contribution in [-0.2, 0) is 13.2 Å². The van der Waals surface area contributed by atoms with Gasteiger partial charge in [0.15, 0.2) is 0 Å². The number of nitrogens with zero attached hydrogens (tertiary/aromatic N) is 4. The summed E-state index contributed by atoms with van der Waals surface area (Å²) in [5, 5.41) is 3.50. The number of piperidine rings is 1. The molecule has 10 heteroatoms. The fourth-order valence-electron chi connectivity index (χ4n) is 3.67. The van der Waals surface area contributed by atoms with Crippen molar-refractivity contribution in [3.63, 3.8) is 0 Å². The van der Waals surface area contributed by atoms with Crippen LogP contribution in [0.15, 0.2) is 29.1 Å². The molecule has 1 aliphatic heterocycles. The first kappa shape index (κ1) is 22.9. The number of ether oxygens (including phenoxy) is 1. The quantitative estimate of drug-likeness (QED) is 0.617. The van der Waals surface area contributed by atoms with Gasteiger partial charge >= 0.3 is 11.9 Å². The molecule has 1 aliphatic rings. The second kappa shape index (κ2) is 9.57. The zero-order chi connectivity index (χ0) is 22.6. The van der Waals surface area contributed by atoms with Gasteiger partial charge in [0, 0.05) is 25.7 Å². The number of unbranched alkanes of at least 4 members (excludes halogenated alkanes) is 2. The van der Waals surface area contributed by atoms with Crippen LogP contribution in [-0.4, -0.2) is 44.9 Å². The van der Waals surface area contributed by atoms with Gasteiger partial charge in [-0.2, -0.15) is 13.2 Å². The molecular formula is C21H27F3N4O3. The predicted octanol–water partition coefficient (Wildman–Crippen LogP) is 3.65. The number of hydrogen-bond donors (Lipinski definition) is 0. The summed E-state index contributed by atoms with van der Waals surface area (Å²) in [5.41, 5.74) is -0.277. The molecule has 1 aromatic carbocycles. The molecule has 7 nitrogen and oxygen atoms in total. The van der Waals surface area contributed by atoms with Gasteiger partial charge in [-0.1, -0.05) is 19.8 Å². The first-order chi connectivity index (χ1) is 14.7. The van der Waals surface area contributed by atoms with Gasteiger partial charge in [-0.3, -0.25) is 9.36 Å². The van der Waals surface area contributed by atoms with Crippen LogP contribution >= 0.6 is 0 Å². The van der Waals surface area contributed by atoms with Crippen LogP contribution in [0.3, 0.4) is 0 Å². The lowest BCUT2D eigenvalue weighted by atomic mass is 10.0. The minimum absolute atomic E-state index is 0.152. The highest BCUT2D eigenvalue weighted by atomic mass is 19.4. The number of halogens is 3. The Morgan fingerprint density at radius 1 is 1.16 bits per heavy atom. The standard InChI is InChI=1S/C21H27F3N4O3/c1-3-4-5-14-31-17-8-6-15(7-9-17)18(29)27-12-10-16(11-13-27)28-20(30)26(2)19(25-28)21(22,23)24/h6-9,16H,3-5,10-14H2,1-2H3. The van der Waals surface area contributed by atoms with Gasteiger partial charge in [-0.15, -0.1) is 5.10 Å². The highest BCUT2D eigenvalue weighted by molar-refractivity contribution is 5.94. The smallest absolute Gasteiger partial charge is 0.451 e. The molecule has 0 aliphatic carbocycles. The van der Waals surface area contributed by atoms with E-state index < -0.39 is 23.7 Å². The fourth-order valence-corrected chi connectivity index (χ4v) is 3.67. The Morgan fingerprint density at radius 2 is 1.81 bits per heavy atom. The van der Waals surface area contributed by atoms with Crippen LogP contribution in [0.2, 0.25) is 0 Å². The molecule has 3 rings (SSSR count). The molecule has 1 fully saturated rings. The third-order valence-electron chi connectivity index (χ3n) is 5.47. The summed E-state index contributed by atoms with van der Waals surface area (Å²) in [6, 6.07) is 6.47. The monoisotopic (exact) mass is 440 g/mol. The Morgan fingerprint density at radius 3 is 2.35 bits per heavy atom. The van der Waals surface area contributed by atoms with E-state index in [-0.39, 0.29) is 5.91 Å². The molecule has 0 bridgehead atoms. The van der Waals surface area contributed by atoms with Crippen LogP contribution in [0.5, 0.6) is 5.75 Å². The topological polar surface area (TPSA) is 69.4 Å². The fraction of sp³-hybridized carbons (Fsp3) is 0.571. The van der Waals surface area contributed by atoms with Crippen molar-refractivity contribution in [2.24, 2.45) is 7.05 Å². The number of alkyl halides is 3. The van der Waals surface area contributed by atoms with Crippen LogP contribution in [0.1, 0.15) is 61.3 Å². The van der Waals surface area contributed by atoms with Gasteiger partial charge in [0.1, 0.15) is 5.75 Å². The molecule has 1 saturated heterocycles. The highest BCUT2D eigenvalue weighted by Gasteiger charge is 2.39. The van der Waals surface area contributed by atoms with Gasteiger partial charge < -0.3 is 9.64 Å². The lowest BCUT2D eigenvalue weighted by Gasteiger charge is -2.31. The van der Waals surface area contributed by atoms with E-state index in [4.69, 9.17) is 4.74 Å². The number of amides is 1. The molecule has 170 valence electrons. The van der Waals surface area contributed by atoms with E-state index in [1.54, 1.807) is 29.2 Å². The van der Waals surface area contributed by atoms with Crippen molar-refractivity contribution in [3.8, 4) is 5.75 Å². The van der Waals surface area contributed by atoms with E-state index in [0.717, 1.165) is 31.0 Å². The van der Waals surface area contributed by atoms with Crippen LogP contribution in [0, 0.1) is 0 Å². The van der Waals surface area contributed by atoms with E-state index in [9.17, 15) is 22.8 Å². The van der Waals surface area contributed by atoms with Crippen LogP contribution in [0.4, 0.5) is 13.2 Å². The number of hydrogen-bond acceptors (Lipinski definition) is 4. The second-order valence-electron chi connectivity index (χ2n) is 7.71. The minimum atomic E-state index is -4.69. The summed E-state index contributed by atoms with van der Waals surface area (Å²) in [6.45, 7) is 3.43. The molecule has 1 aromatic heterocycles. The Balaban J connectivity index is 1.58. The van der Waals surface area contributed by atoms with Crippen molar-refractivity contribution in [2.75, 3.05) is 19.7 Å². The summed E-state index contributed by atoms with van der Waals surface area (Å²) < 4.78 is 46.1. The molecule has 0 saturated carbocycles. The maximum absolute atomic E-state index is 13.0. The number of benzene rings is 1. The van der Waals surface area contributed by atoms with Crippen molar-refractivity contribution in [3.05, 3.63) is 46.1 Å². The molecule has 0 N–H and O–H groups in total. The molecule has 1 amide bonds. The molecule has 0 radical (unpaired) electrons. The number of carbonyl (C=O) groups excluding carboxylic acids is 1. The SMILES string of the molecule is CCCCCOc1ccc(C(=O)N2CCC(n3nc(C(F)(F)F)n(C)c3=O)CC2)cc1. The third-order valence-corrected chi connectivity index (χ3v) is 5.47. The summed E-state index contributed by atoms with van der Waals surface area (Å²) in [4.78, 5) is 26.6. The number of carbonyl (C=O) groups is 1. The second-order valence-corrected chi connectivity index (χ2v) is 7.71. The van der Waals surface area contributed by atoms with Crippen molar-refractivity contribution in [1.82, 2.24) is 19.2 Å². The number of aromatic nitrogens is 3. The summed E-state index contributed by atoms with van der Waals surface area (Å²) in [7, 11) is 1.06. The van der Waals surface area contributed by atoms with E-state index >= 15 is 0 Å².